The largest absolute Gasteiger partial charge is 0.372 e. The van der Waals surface area contributed by atoms with E-state index in [4.69, 9.17) is 0 Å². The highest BCUT2D eigenvalue weighted by molar-refractivity contribution is 5.89. The fourth-order valence-electron chi connectivity index (χ4n) is 4.33. The predicted octanol–water partition coefficient (Wildman–Crippen LogP) is 6.83. The Hall–Kier alpha value is -2.62. The van der Waals surface area contributed by atoms with Gasteiger partial charge >= 0.3 is 0 Å². The van der Waals surface area contributed by atoms with Gasteiger partial charge in [0.1, 0.15) is 5.82 Å². The van der Waals surface area contributed by atoms with Gasteiger partial charge in [0.05, 0.1) is 11.2 Å². The summed E-state index contributed by atoms with van der Waals surface area (Å²) >= 11 is 0. The molecular weight excluding hydrogens is 373 g/mol. The van der Waals surface area contributed by atoms with Crippen LogP contribution in [0.25, 0.3) is 5.57 Å². The predicted molar refractivity (Wildman–Crippen MR) is 129 cm³/mol. The van der Waals surface area contributed by atoms with Crippen LogP contribution in [0.3, 0.4) is 0 Å². The highest BCUT2D eigenvalue weighted by atomic mass is 19.1. The second-order valence-corrected chi connectivity index (χ2v) is 8.47. The number of fused-ring (bicyclic) bond motifs is 1. The molecule has 2 aromatic rings. The molecular formula is C26H34FN3. The third kappa shape index (κ3) is 4.43. The van der Waals surface area contributed by atoms with Crippen LogP contribution in [0.2, 0.25) is 0 Å². The number of hydrogen-bond donors (Lipinski definition) is 0. The first-order chi connectivity index (χ1) is 14.3. The topological polar surface area (TPSA) is 18.8 Å². The molecule has 0 N–H and O–H groups in total. The zero-order chi connectivity index (χ0) is 21.9. The number of hydrogen-bond acceptors (Lipinski definition) is 3. The third-order valence-corrected chi connectivity index (χ3v) is 5.87. The number of aliphatic imine (C=N–C) groups is 1. The maximum Gasteiger partial charge on any atom is 0.134 e. The monoisotopic (exact) mass is 407 g/mol. The molecule has 0 radical (unpaired) electrons. The van der Waals surface area contributed by atoms with Gasteiger partial charge in [0.15, 0.2) is 0 Å². The molecule has 0 atom stereocenters. The van der Waals surface area contributed by atoms with Gasteiger partial charge in [0.25, 0.3) is 0 Å². The summed E-state index contributed by atoms with van der Waals surface area (Å²) in [7, 11) is 0. The van der Waals surface area contributed by atoms with Crippen molar-refractivity contribution in [3.05, 3.63) is 59.4 Å². The lowest BCUT2D eigenvalue weighted by Gasteiger charge is -2.43. The molecule has 0 fully saturated rings. The van der Waals surface area contributed by atoms with E-state index in [-0.39, 0.29) is 11.4 Å². The van der Waals surface area contributed by atoms with Gasteiger partial charge in [-0.05, 0) is 83.0 Å². The Morgan fingerprint density at radius 1 is 1.07 bits per heavy atom. The smallest absolute Gasteiger partial charge is 0.134 e. The van der Waals surface area contributed by atoms with Gasteiger partial charge in [-0.15, -0.1) is 0 Å². The molecule has 0 saturated carbocycles. The molecule has 1 heterocycles. The van der Waals surface area contributed by atoms with E-state index in [0.29, 0.717) is 5.56 Å². The molecule has 3 nitrogen and oxygen atoms in total. The number of benzene rings is 2. The molecule has 0 amide bonds. The molecule has 2 aromatic carbocycles. The highest BCUT2D eigenvalue weighted by Gasteiger charge is 2.31. The average molecular weight is 408 g/mol. The van der Waals surface area contributed by atoms with Crippen molar-refractivity contribution in [1.29, 1.82) is 0 Å². The summed E-state index contributed by atoms with van der Waals surface area (Å²) in [6, 6.07) is 11.7. The van der Waals surface area contributed by atoms with Crippen molar-refractivity contribution in [3.8, 4) is 0 Å². The molecule has 160 valence electrons. The van der Waals surface area contributed by atoms with E-state index in [1.54, 1.807) is 12.3 Å². The van der Waals surface area contributed by atoms with Crippen LogP contribution in [0.5, 0.6) is 0 Å². The summed E-state index contributed by atoms with van der Waals surface area (Å²) in [5, 5.41) is 0. The van der Waals surface area contributed by atoms with Crippen molar-refractivity contribution in [2.24, 2.45) is 4.99 Å². The molecule has 4 heteroatoms. The minimum absolute atomic E-state index is 0.123. The van der Waals surface area contributed by atoms with Crippen LogP contribution >= 0.6 is 0 Å². The van der Waals surface area contributed by atoms with Gasteiger partial charge in [-0.1, -0.05) is 13.0 Å². The van der Waals surface area contributed by atoms with Crippen LogP contribution in [0, 0.1) is 5.82 Å². The summed E-state index contributed by atoms with van der Waals surface area (Å²) in [6.07, 6.45) is 4.93. The number of halogens is 1. The lowest BCUT2D eigenvalue weighted by Crippen LogP contribution is -2.45. The Bertz CT molecular complexity index is 937. The lowest BCUT2D eigenvalue weighted by atomic mass is 9.87. The molecule has 1 aliphatic heterocycles. The maximum atomic E-state index is 15.0. The van der Waals surface area contributed by atoms with Crippen molar-refractivity contribution in [3.63, 3.8) is 0 Å². The van der Waals surface area contributed by atoms with Crippen molar-refractivity contribution < 1.29 is 4.39 Å². The summed E-state index contributed by atoms with van der Waals surface area (Å²) in [5.74, 6) is -0.233. The van der Waals surface area contributed by atoms with E-state index in [1.807, 2.05) is 18.2 Å². The zero-order valence-corrected chi connectivity index (χ0v) is 19.2. The van der Waals surface area contributed by atoms with Crippen LogP contribution in [-0.2, 0) is 0 Å². The lowest BCUT2D eigenvalue weighted by molar-refractivity contribution is 0.546. The SMILES string of the molecule is CCCN1c2cc(F)c(C=Nc3ccc(N(CC)CC)cc3)cc2C(C)=CC1(C)C. The van der Waals surface area contributed by atoms with Gasteiger partial charge in [0.2, 0.25) is 0 Å². The minimum atomic E-state index is -0.233. The summed E-state index contributed by atoms with van der Waals surface area (Å²) < 4.78 is 15.0. The molecule has 1 aliphatic rings. The van der Waals surface area contributed by atoms with Gasteiger partial charge in [-0.3, -0.25) is 4.99 Å². The zero-order valence-electron chi connectivity index (χ0n) is 19.2. The second kappa shape index (κ2) is 9.03. The normalized spacial score (nSPS) is 15.3. The molecule has 0 unspecified atom stereocenters. The number of allylic oxidation sites excluding steroid dienone is 1. The van der Waals surface area contributed by atoms with Crippen molar-refractivity contribution in [2.75, 3.05) is 29.4 Å². The highest BCUT2D eigenvalue weighted by Crippen LogP contribution is 2.40. The van der Waals surface area contributed by atoms with Crippen LogP contribution < -0.4 is 9.80 Å². The second-order valence-electron chi connectivity index (χ2n) is 8.47. The van der Waals surface area contributed by atoms with Gasteiger partial charge < -0.3 is 9.80 Å². The van der Waals surface area contributed by atoms with Crippen LogP contribution in [0.4, 0.5) is 21.5 Å². The average Bonchev–Trinajstić information content (AvgIpc) is 2.71. The maximum absolute atomic E-state index is 15.0. The summed E-state index contributed by atoms with van der Waals surface area (Å²) in [6.45, 7) is 15.8. The van der Waals surface area contributed by atoms with E-state index in [2.05, 4.69) is 74.5 Å². The molecule has 0 aromatic heterocycles. The molecule has 0 spiro atoms. The molecule has 30 heavy (non-hydrogen) atoms. The van der Waals surface area contributed by atoms with E-state index in [1.165, 1.54) is 11.3 Å². The Kier molecular flexibility index (Phi) is 6.64. The number of rotatable bonds is 7. The Balaban J connectivity index is 1.91. The molecule has 0 aliphatic carbocycles. The van der Waals surface area contributed by atoms with Crippen molar-refractivity contribution in [1.82, 2.24) is 0 Å². The van der Waals surface area contributed by atoms with Gasteiger partial charge in [0, 0.05) is 48.4 Å². The molecule has 3 rings (SSSR count). The first-order valence-electron chi connectivity index (χ1n) is 11.0. The van der Waals surface area contributed by atoms with E-state index in [0.717, 1.165) is 43.0 Å². The number of nitrogens with zero attached hydrogens (tertiary/aromatic N) is 3. The third-order valence-electron chi connectivity index (χ3n) is 5.87. The summed E-state index contributed by atoms with van der Waals surface area (Å²) in [4.78, 5) is 9.11. The fourth-order valence-corrected chi connectivity index (χ4v) is 4.33. The molecule has 0 bridgehead atoms. The fraction of sp³-hybridized carbons (Fsp3) is 0.423. The standard InChI is InChI=1S/C26H34FN3/c1-7-14-30-25-16-24(27)20(15-23(25)19(4)17-26(30,5)6)18-28-21-10-12-22(13-11-21)29(8-2)9-3/h10-13,15-18H,7-9,14H2,1-6H3. The first kappa shape index (κ1) is 22.1. The van der Waals surface area contributed by atoms with Crippen LogP contribution in [0.1, 0.15) is 59.1 Å². The van der Waals surface area contributed by atoms with Crippen molar-refractivity contribution >= 4 is 28.8 Å². The first-order valence-corrected chi connectivity index (χ1v) is 11.0. The van der Waals surface area contributed by atoms with Gasteiger partial charge in [-0.2, -0.15) is 0 Å². The van der Waals surface area contributed by atoms with E-state index < -0.39 is 0 Å². The number of anilines is 2. The van der Waals surface area contributed by atoms with Crippen molar-refractivity contribution in [2.45, 2.75) is 53.5 Å². The van der Waals surface area contributed by atoms with Crippen LogP contribution in [-0.4, -0.2) is 31.4 Å². The van der Waals surface area contributed by atoms with Gasteiger partial charge in [-0.25, -0.2) is 4.39 Å². The van der Waals surface area contributed by atoms with E-state index >= 15 is 0 Å². The molecule has 0 saturated heterocycles. The Labute approximate surface area is 180 Å². The Morgan fingerprint density at radius 3 is 2.33 bits per heavy atom. The Morgan fingerprint density at radius 2 is 1.73 bits per heavy atom. The summed E-state index contributed by atoms with van der Waals surface area (Å²) in [5.41, 5.74) is 5.64. The van der Waals surface area contributed by atoms with E-state index in [9.17, 15) is 4.39 Å². The quantitative estimate of drug-likeness (QED) is 0.468. The minimum Gasteiger partial charge on any atom is -0.372 e. The van der Waals surface area contributed by atoms with Crippen LogP contribution in [0.15, 0.2) is 47.5 Å².